The Morgan fingerprint density at radius 3 is 2.25 bits per heavy atom. The van der Waals surface area contributed by atoms with Crippen molar-refractivity contribution in [2.45, 2.75) is 39.0 Å². The van der Waals surface area contributed by atoms with Gasteiger partial charge in [-0.1, -0.05) is 38.3 Å². The van der Waals surface area contributed by atoms with Gasteiger partial charge < -0.3 is 20.5 Å². The molecule has 2 amide bonds. The number of carbonyl (C=O) groups is 3. The first-order valence-electron chi connectivity index (χ1n) is 9.20. The van der Waals surface area contributed by atoms with Gasteiger partial charge in [0.05, 0.1) is 5.69 Å². The molecule has 0 aromatic heterocycles. The maximum atomic E-state index is 12.0. The standard InChI is InChI=1S/C21H24N2O5/c1-2-3-4-5-10-19(25)28-16-13-11-15(12-14-16)22-20(26)21(27)23-17-8-6-7-9-18(17)24/h6-9,11-14,24H,2-5,10H2,1H3,(H,22,26)(H,23,27). The molecule has 0 saturated heterocycles. The number of ether oxygens (including phenoxy) is 1. The lowest BCUT2D eigenvalue weighted by Gasteiger charge is -2.09. The van der Waals surface area contributed by atoms with Crippen molar-refractivity contribution < 1.29 is 24.2 Å². The van der Waals surface area contributed by atoms with E-state index in [0.29, 0.717) is 17.9 Å². The second-order valence-corrected chi connectivity index (χ2v) is 6.23. The monoisotopic (exact) mass is 384 g/mol. The maximum Gasteiger partial charge on any atom is 0.314 e. The summed E-state index contributed by atoms with van der Waals surface area (Å²) < 4.78 is 5.24. The first-order chi connectivity index (χ1) is 13.5. The molecule has 7 heteroatoms. The van der Waals surface area contributed by atoms with Crippen LogP contribution in [-0.2, 0) is 14.4 Å². The average Bonchev–Trinajstić information content (AvgIpc) is 2.68. The summed E-state index contributed by atoms with van der Waals surface area (Å²) in [6, 6.07) is 12.3. The van der Waals surface area contributed by atoms with Crippen LogP contribution >= 0.6 is 0 Å². The fourth-order valence-electron chi connectivity index (χ4n) is 2.43. The van der Waals surface area contributed by atoms with Gasteiger partial charge >= 0.3 is 17.8 Å². The predicted octanol–water partition coefficient (Wildman–Crippen LogP) is 3.85. The van der Waals surface area contributed by atoms with Crippen molar-refractivity contribution in [1.29, 1.82) is 0 Å². The molecule has 0 aliphatic rings. The van der Waals surface area contributed by atoms with Crippen LogP contribution in [0, 0.1) is 0 Å². The van der Waals surface area contributed by atoms with E-state index in [2.05, 4.69) is 17.6 Å². The average molecular weight is 384 g/mol. The molecule has 0 aliphatic heterocycles. The van der Waals surface area contributed by atoms with Crippen LogP contribution in [0.2, 0.25) is 0 Å². The fourth-order valence-corrected chi connectivity index (χ4v) is 2.43. The highest BCUT2D eigenvalue weighted by molar-refractivity contribution is 6.43. The molecule has 0 aliphatic carbocycles. The topological polar surface area (TPSA) is 105 Å². The van der Waals surface area contributed by atoms with E-state index in [-0.39, 0.29) is 17.4 Å². The molecular formula is C21H24N2O5. The van der Waals surface area contributed by atoms with E-state index in [9.17, 15) is 19.5 Å². The summed E-state index contributed by atoms with van der Waals surface area (Å²) >= 11 is 0. The van der Waals surface area contributed by atoms with Crippen LogP contribution in [0.3, 0.4) is 0 Å². The molecule has 0 bridgehead atoms. The number of rotatable bonds is 8. The van der Waals surface area contributed by atoms with E-state index in [1.807, 2.05) is 0 Å². The smallest absolute Gasteiger partial charge is 0.314 e. The molecule has 0 heterocycles. The molecule has 0 saturated carbocycles. The van der Waals surface area contributed by atoms with Crippen molar-refractivity contribution in [2.24, 2.45) is 0 Å². The zero-order valence-electron chi connectivity index (χ0n) is 15.7. The molecule has 148 valence electrons. The number of para-hydroxylation sites is 2. The number of unbranched alkanes of at least 4 members (excludes halogenated alkanes) is 3. The molecule has 0 unspecified atom stereocenters. The number of aromatic hydroxyl groups is 1. The SMILES string of the molecule is CCCCCCC(=O)Oc1ccc(NC(=O)C(=O)Nc2ccccc2O)cc1. The number of benzene rings is 2. The van der Waals surface area contributed by atoms with Crippen molar-refractivity contribution in [2.75, 3.05) is 10.6 Å². The molecule has 3 N–H and O–H groups in total. The Bertz CT molecular complexity index is 818. The van der Waals surface area contributed by atoms with E-state index in [0.717, 1.165) is 25.7 Å². The van der Waals surface area contributed by atoms with Crippen molar-refractivity contribution in [1.82, 2.24) is 0 Å². The number of phenolic OH excluding ortho intramolecular Hbond substituents is 1. The molecule has 2 rings (SSSR count). The Labute approximate surface area is 163 Å². The van der Waals surface area contributed by atoms with Gasteiger partial charge in [0.1, 0.15) is 11.5 Å². The van der Waals surface area contributed by atoms with Crippen LogP contribution in [0.1, 0.15) is 39.0 Å². The summed E-state index contributed by atoms with van der Waals surface area (Å²) in [7, 11) is 0. The van der Waals surface area contributed by atoms with Gasteiger partial charge in [0.2, 0.25) is 0 Å². The summed E-state index contributed by atoms with van der Waals surface area (Å²) in [6.07, 6.45) is 4.36. The highest BCUT2D eigenvalue weighted by atomic mass is 16.5. The first kappa shape index (κ1) is 21.0. The first-order valence-corrected chi connectivity index (χ1v) is 9.20. The van der Waals surface area contributed by atoms with Gasteiger partial charge in [-0.05, 0) is 42.8 Å². The van der Waals surface area contributed by atoms with Crippen molar-refractivity contribution in [3.63, 3.8) is 0 Å². The molecule has 0 atom stereocenters. The number of hydrogen-bond acceptors (Lipinski definition) is 5. The predicted molar refractivity (Wildman–Crippen MR) is 106 cm³/mol. The third kappa shape index (κ3) is 6.75. The van der Waals surface area contributed by atoms with Crippen LogP contribution in [-0.4, -0.2) is 22.9 Å². The van der Waals surface area contributed by atoms with Crippen LogP contribution in [0.15, 0.2) is 48.5 Å². The number of hydrogen-bond donors (Lipinski definition) is 3. The third-order valence-electron chi connectivity index (χ3n) is 3.94. The highest BCUT2D eigenvalue weighted by Gasteiger charge is 2.15. The zero-order valence-corrected chi connectivity index (χ0v) is 15.7. The minimum absolute atomic E-state index is 0.135. The molecule has 0 fully saturated rings. The maximum absolute atomic E-state index is 12.0. The Morgan fingerprint density at radius 1 is 0.893 bits per heavy atom. The van der Waals surface area contributed by atoms with Crippen molar-refractivity contribution in [3.8, 4) is 11.5 Å². The van der Waals surface area contributed by atoms with Gasteiger partial charge in [-0.3, -0.25) is 14.4 Å². The molecular weight excluding hydrogens is 360 g/mol. The lowest BCUT2D eigenvalue weighted by molar-refractivity contribution is -0.134. The largest absolute Gasteiger partial charge is 0.506 e. The summed E-state index contributed by atoms with van der Waals surface area (Å²) in [5, 5.41) is 14.4. The van der Waals surface area contributed by atoms with Crippen LogP contribution in [0.5, 0.6) is 11.5 Å². The molecule has 2 aromatic carbocycles. The Hall–Kier alpha value is -3.35. The summed E-state index contributed by atoms with van der Waals surface area (Å²) in [6.45, 7) is 2.10. The Balaban J connectivity index is 1.82. The molecule has 0 radical (unpaired) electrons. The van der Waals surface area contributed by atoms with Gasteiger partial charge in [0.25, 0.3) is 0 Å². The van der Waals surface area contributed by atoms with Gasteiger partial charge in [0, 0.05) is 12.1 Å². The number of esters is 1. The van der Waals surface area contributed by atoms with Gasteiger partial charge in [-0.2, -0.15) is 0 Å². The number of nitrogens with one attached hydrogen (secondary N) is 2. The van der Waals surface area contributed by atoms with Crippen LogP contribution < -0.4 is 15.4 Å². The second-order valence-electron chi connectivity index (χ2n) is 6.23. The van der Waals surface area contributed by atoms with Crippen LogP contribution in [0.4, 0.5) is 11.4 Å². The molecule has 2 aromatic rings. The van der Waals surface area contributed by atoms with Gasteiger partial charge in [0.15, 0.2) is 0 Å². The minimum atomic E-state index is -0.913. The van der Waals surface area contributed by atoms with E-state index in [1.54, 1.807) is 24.3 Å². The van der Waals surface area contributed by atoms with E-state index < -0.39 is 11.8 Å². The fraction of sp³-hybridized carbons (Fsp3) is 0.286. The number of phenols is 1. The normalized spacial score (nSPS) is 10.2. The van der Waals surface area contributed by atoms with E-state index >= 15 is 0 Å². The number of anilines is 2. The lowest BCUT2D eigenvalue weighted by Crippen LogP contribution is -2.29. The third-order valence-corrected chi connectivity index (χ3v) is 3.94. The van der Waals surface area contributed by atoms with E-state index in [4.69, 9.17) is 4.74 Å². The molecule has 7 nitrogen and oxygen atoms in total. The summed E-state index contributed by atoms with van der Waals surface area (Å²) in [5.74, 6) is -1.86. The summed E-state index contributed by atoms with van der Waals surface area (Å²) in [4.78, 5) is 35.7. The van der Waals surface area contributed by atoms with Crippen molar-refractivity contribution >= 4 is 29.2 Å². The molecule has 28 heavy (non-hydrogen) atoms. The van der Waals surface area contributed by atoms with Crippen LogP contribution in [0.25, 0.3) is 0 Å². The minimum Gasteiger partial charge on any atom is -0.506 e. The second kappa shape index (κ2) is 10.7. The van der Waals surface area contributed by atoms with Crippen molar-refractivity contribution in [3.05, 3.63) is 48.5 Å². The van der Waals surface area contributed by atoms with Gasteiger partial charge in [-0.25, -0.2) is 0 Å². The number of carbonyl (C=O) groups excluding carboxylic acids is 3. The Kier molecular flexibility index (Phi) is 8.02. The lowest BCUT2D eigenvalue weighted by atomic mass is 10.1. The summed E-state index contributed by atoms with van der Waals surface area (Å²) in [5.41, 5.74) is 0.518. The highest BCUT2D eigenvalue weighted by Crippen LogP contribution is 2.21. The Morgan fingerprint density at radius 2 is 1.57 bits per heavy atom. The van der Waals surface area contributed by atoms with E-state index in [1.165, 1.54) is 24.3 Å². The van der Waals surface area contributed by atoms with Gasteiger partial charge in [-0.15, -0.1) is 0 Å². The number of amides is 2. The molecule has 0 spiro atoms. The zero-order chi connectivity index (χ0) is 20.4. The quantitative estimate of drug-likeness (QED) is 0.211.